The standard InChI is InChI=1S/C20H38O5/c1-3-5-7-9-11-13-18(21)15-24-16-19(22)17-25-20(23)14-12-10-8-6-4-2/h19,22H,3-17H2,1-2H3. The van der Waals surface area contributed by atoms with Crippen LogP contribution in [-0.4, -0.2) is 42.8 Å². The van der Waals surface area contributed by atoms with Crippen molar-refractivity contribution in [3.05, 3.63) is 0 Å². The lowest BCUT2D eigenvalue weighted by atomic mass is 10.1. The van der Waals surface area contributed by atoms with Crippen molar-refractivity contribution in [2.45, 2.75) is 97.0 Å². The number of rotatable bonds is 18. The fraction of sp³-hybridized carbons (Fsp3) is 0.900. The van der Waals surface area contributed by atoms with E-state index in [0.29, 0.717) is 12.8 Å². The smallest absolute Gasteiger partial charge is 0.305 e. The Balaban J connectivity index is 3.49. The number of unbranched alkanes of at least 4 members (excludes halogenated alkanes) is 8. The van der Waals surface area contributed by atoms with Crippen LogP contribution in [0.2, 0.25) is 0 Å². The first-order chi connectivity index (χ1) is 12.1. The molecule has 0 aliphatic heterocycles. The summed E-state index contributed by atoms with van der Waals surface area (Å²) in [5.74, 6) is -0.216. The highest BCUT2D eigenvalue weighted by atomic mass is 16.5. The lowest BCUT2D eigenvalue weighted by Crippen LogP contribution is -2.25. The quantitative estimate of drug-likeness (QED) is 0.294. The maximum absolute atomic E-state index is 11.6. The van der Waals surface area contributed by atoms with Crippen LogP contribution in [0.1, 0.15) is 90.9 Å². The fourth-order valence-corrected chi connectivity index (χ4v) is 2.49. The van der Waals surface area contributed by atoms with Crippen molar-refractivity contribution in [3.8, 4) is 0 Å². The number of Topliss-reactive ketones (excluding diaryl/α,β-unsaturated/α-hetero) is 1. The maximum Gasteiger partial charge on any atom is 0.305 e. The van der Waals surface area contributed by atoms with Crippen LogP contribution in [0.4, 0.5) is 0 Å². The number of aliphatic hydroxyl groups excluding tert-OH is 1. The Morgan fingerprint density at radius 1 is 0.800 bits per heavy atom. The Bertz CT molecular complexity index is 330. The number of hydrogen-bond donors (Lipinski definition) is 1. The molecule has 5 nitrogen and oxygen atoms in total. The molecule has 0 spiro atoms. The van der Waals surface area contributed by atoms with Gasteiger partial charge in [0, 0.05) is 12.8 Å². The zero-order valence-corrected chi connectivity index (χ0v) is 16.3. The number of carbonyl (C=O) groups is 2. The third-order valence-electron chi connectivity index (χ3n) is 4.05. The van der Waals surface area contributed by atoms with E-state index in [4.69, 9.17) is 9.47 Å². The molecule has 0 amide bonds. The van der Waals surface area contributed by atoms with E-state index in [1.54, 1.807) is 0 Å². The summed E-state index contributed by atoms with van der Waals surface area (Å²) in [5, 5.41) is 9.71. The predicted octanol–water partition coefficient (Wildman–Crippen LogP) is 4.20. The van der Waals surface area contributed by atoms with Crippen molar-refractivity contribution in [2.24, 2.45) is 0 Å². The molecule has 5 heteroatoms. The summed E-state index contributed by atoms with van der Waals surface area (Å²) in [5.41, 5.74) is 0. The molecule has 1 atom stereocenters. The molecule has 0 aromatic heterocycles. The van der Waals surface area contributed by atoms with Gasteiger partial charge in [0.2, 0.25) is 0 Å². The molecule has 25 heavy (non-hydrogen) atoms. The highest BCUT2D eigenvalue weighted by Gasteiger charge is 2.10. The maximum atomic E-state index is 11.6. The minimum Gasteiger partial charge on any atom is -0.463 e. The van der Waals surface area contributed by atoms with Crippen molar-refractivity contribution in [1.29, 1.82) is 0 Å². The Hall–Kier alpha value is -0.940. The van der Waals surface area contributed by atoms with E-state index in [9.17, 15) is 14.7 Å². The van der Waals surface area contributed by atoms with Gasteiger partial charge in [-0.1, -0.05) is 65.2 Å². The number of hydrogen-bond acceptors (Lipinski definition) is 5. The van der Waals surface area contributed by atoms with E-state index >= 15 is 0 Å². The van der Waals surface area contributed by atoms with Crippen molar-refractivity contribution >= 4 is 11.8 Å². The molecule has 148 valence electrons. The summed E-state index contributed by atoms with van der Waals surface area (Å²) in [6.45, 7) is 4.29. The first-order valence-corrected chi connectivity index (χ1v) is 10.0. The van der Waals surface area contributed by atoms with Crippen LogP contribution in [-0.2, 0) is 19.1 Å². The van der Waals surface area contributed by atoms with E-state index in [1.807, 2.05) is 0 Å². The molecule has 0 heterocycles. The lowest BCUT2D eigenvalue weighted by Gasteiger charge is -2.11. The molecule has 0 aromatic carbocycles. The van der Waals surface area contributed by atoms with Crippen LogP contribution in [0.5, 0.6) is 0 Å². The van der Waals surface area contributed by atoms with Gasteiger partial charge in [-0.3, -0.25) is 9.59 Å². The molecule has 1 unspecified atom stereocenters. The molecule has 0 saturated heterocycles. The van der Waals surface area contributed by atoms with Crippen molar-refractivity contribution in [2.75, 3.05) is 19.8 Å². The minimum absolute atomic E-state index is 0.0192. The second-order valence-corrected chi connectivity index (χ2v) is 6.72. The van der Waals surface area contributed by atoms with Crippen LogP contribution in [0, 0.1) is 0 Å². The summed E-state index contributed by atoms with van der Waals surface area (Å²) in [4.78, 5) is 23.2. The average Bonchev–Trinajstić information content (AvgIpc) is 2.59. The number of ether oxygens (including phenoxy) is 2. The summed E-state index contributed by atoms with van der Waals surface area (Å²) >= 11 is 0. The fourth-order valence-electron chi connectivity index (χ4n) is 2.49. The topological polar surface area (TPSA) is 72.8 Å². The second kappa shape index (κ2) is 17.9. The Kier molecular flexibility index (Phi) is 17.2. The number of aliphatic hydroxyl groups is 1. The predicted molar refractivity (Wildman–Crippen MR) is 99.5 cm³/mol. The molecule has 0 fully saturated rings. The van der Waals surface area contributed by atoms with Gasteiger partial charge in [0.15, 0.2) is 5.78 Å². The van der Waals surface area contributed by atoms with Gasteiger partial charge < -0.3 is 14.6 Å². The van der Waals surface area contributed by atoms with E-state index in [0.717, 1.165) is 32.1 Å². The molecule has 1 N–H and O–H groups in total. The van der Waals surface area contributed by atoms with Crippen molar-refractivity contribution in [1.82, 2.24) is 0 Å². The van der Waals surface area contributed by atoms with E-state index in [-0.39, 0.29) is 31.6 Å². The molecule has 0 aliphatic rings. The van der Waals surface area contributed by atoms with Crippen LogP contribution in [0.15, 0.2) is 0 Å². The van der Waals surface area contributed by atoms with Gasteiger partial charge in [0.1, 0.15) is 19.3 Å². The molecule has 0 aliphatic carbocycles. The third kappa shape index (κ3) is 17.7. The Labute approximate surface area is 153 Å². The lowest BCUT2D eigenvalue weighted by molar-refractivity contribution is -0.148. The highest BCUT2D eigenvalue weighted by Crippen LogP contribution is 2.07. The number of esters is 1. The number of ketones is 1. The van der Waals surface area contributed by atoms with Gasteiger partial charge in [0.25, 0.3) is 0 Å². The van der Waals surface area contributed by atoms with E-state index in [2.05, 4.69) is 13.8 Å². The SMILES string of the molecule is CCCCCCCC(=O)COCC(O)COC(=O)CCCCCCC. The van der Waals surface area contributed by atoms with Crippen LogP contribution >= 0.6 is 0 Å². The summed E-state index contributed by atoms with van der Waals surface area (Å²) < 4.78 is 10.2. The molecule has 0 bridgehead atoms. The molecule has 0 saturated carbocycles. The second-order valence-electron chi connectivity index (χ2n) is 6.72. The van der Waals surface area contributed by atoms with Gasteiger partial charge in [-0.25, -0.2) is 0 Å². The largest absolute Gasteiger partial charge is 0.463 e. The van der Waals surface area contributed by atoms with Crippen molar-refractivity contribution < 1.29 is 24.2 Å². The minimum atomic E-state index is -0.874. The monoisotopic (exact) mass is 358 g/mol. The first-order valence-electron chi connectivity index (χ1n) is 10.0. The third-order valence-corrected chi connectivity index (χ3v) is 4.05. The average molecular weight is 359 g/mol. The molecule has 0 aromatic rings. The highest BCUT2D eigenvalue weighted by molar-refractivity contribution is 5.79. The van der Waals surface area contributed by atoms with Gasteiger partial charge in [-0.05, 0) is 12.8 Å². The summed E-state index contributed by atoms with van der Waals surface area (Å²) in [6, 6.07) is 0. The summed E-state index contributed by atoms with van der Waals surface area (Å²) in [7, 11) is 0. The molecular weight excluding hydrogens is 320 g/mol. The molecule has 0 rings (SSSR count). The van der Waals surface area contributed by atoms with Gasteiger partial charge in [0.05, 0.1) is 6.61 Å². The first kappa shape index (κ1) is 24.1. The van der Waals surface area contributed by atoms with Crippen LogP contribution in [0.3, 0.4) is 0 Å². The van der Waals surface area contributed by atoms with E-state index in [1.165, 1.54) is 32.1 Å². The van der Waals surface area contributed by atoms with Gasteiger partial charge >= 0.3 is 5.97 Å². The summed E-state index contributed by atoms with van der Waals surface area (Å²) in [6.07, 6.45) is 11.0. The van der Waals surface area contributed by atoms with Crippen molar-refractivity contribution in [3.63, 3.8) is 0 Å². The van der Waals surface area contributed by atoms with Gasteiger partial charge in [-0.2, -0.15) is 0 Å². The van der Waals surface area contributed by atoms with Crippen LogP contribution < -0.4 is 0 Å². The molecular formula is C20H38O5. The Morgan fingerprint density at radius 2 is 1.36 bits per heavy atom. The number of carbonyl (C=O) groups excluding carboxylic acids is 2. The van der Waals surface area contributed by atoms with Crippen LogP contribution in [0.25, 0.3) is 0 Å². The zero-order valence-electron chi connectivity index (χ0n) is 16.3. The van der Waals surface area contributed by atoms with E-state index < -0.39 is 6.10 Å². The zero-order chi connectivity index (χ0) is 18.8. The normalized spacial score (nSPS) is 12.1. The van der Waals surface area contributed by atoms with Gasteiger partial charge in [-0.15, -0.1) is 0 Å². The molecule has 0 radical (unpaired) electrons. The Morgan fingerprint density at radius 3 is 1.96 bits per heavy atom.